The van der Waals surface area contributed by atoms with E-state index < -0.39 is 0 Å². The van der Waals surface area contributed by atoms with Crippen LogP contribution in [0.1, 0.15) is 9.67 Å². The van der Waals surface area contributed by atoms with Crippen molar-refractivity contribution in [2.24, 2.45) is 0 Å². The third-order valence-corrected chi connectivity index (χ3v) is 3.90. The second-order valence-corrected chi connectivity index (χ2v) is 5.43. The van der Waals surface area contributed by atoms with Crippen molar-refractivity contribution in [2.75, 3.05) is 5.32 Å². The minimum Gasteiger partial charge on any atom is -0.508 e. The third kappa shape index (κ3) is 3.09. The van der Waals surface area contributed by atoms with E-state index in [1.165, 1.54) is 11.3 Å². The summed E-state index contributed by atoms with van der Waals surface area (Å²) in [6, 6.07) is 16.1. The molecular formula is C16H12N2O2S. The molecule has 3 aromatic rings. The summed E-state index contributed by atoms with van der Waals surface area (Å²) in [7, 11) is 0. The van der Waals surface area contributed by atoms with E-state index in [1.54, 1.807) is 24.4 Å². The Morgan fingerprint density at radius 1 is 1.10 bits per heavy atom. The Kier molecular flexibility index (Phi) is 3.66. The van der Waals surface area contributed by atoms with Gasteiger partial charge < -0.3 is 10.4 Å². The van der Waals surface area contributed by atoms with E-state index >= 15 is 0 Å². The molecule has 0 atom stereocenters. The average Bonchev–Trinajstić information content (AvgIpc) is 2.98. The molecule has 1 aromatic heterocycles. The van der Waals surface area contributed by atoms with Crippen molar-refractivity contribution in [2.45, 2.75) is 0 Å². The first-order valence-electron chi connectivity index (χ1n) is 6.34. The number of carbonyl (C=O) groups excluding carboxylic acids is 1. The van der Waals surface area contributed by atoms with Gasteiger partial charge in [0.05, 0.1) is 6.20 Å². The lowest BCUT2D eigenvalue weighted by Crippen LogP contribution is -2.09. The molecule has 3 rings (SSSR count). The lowest BCUT2D eigenvalue weighted by Gasteiger charge is -2.01. The zero-order valence-electron chi connectivity index (χ0n) is 11.0. The smallest absolute Gasteiger partial charge is 0.267 e. The predicted octanol–water partition coefficient (Wildman–Crippen LogP) is 3.77. The SMILES string of the molecule is O=C(Nc1ccccc1)c1cnc(-c2cccc(O)c2)s1. The van der Waals surface area contributed by atoms with Crippen molar-refractivity contribution in [1.29, 1.82) is 0 Å². The molecular weight excluding hydrogens is 284 g/mol. The van der Waals surface area contributed by atoms with Gasteiger partial charge in [-0.25, -0.2) is 4.98 Å². The number of para-hydroxylation sites is 1. The maximum absolute atomic E-state index is 12.1. The maximum Gasteiger partial charge on any atom is 0.267 e. The first-order valence-corrected chi connectivity index (χ1v) is 7.16. The number of aromatic nitrogens is 1. The van der Waals surface area contributed by atoms with E-state index in [-0.39, 0.29) is 11.7 Å². The van der Waals surface area contributed by atoms with Crippen molar-refractivity contribution in [3.05, 3.63) is 65.7 Å². The fourth-order valence-electron chi connectivity index (χ4n) is 1.87. The van der Waals surface area contributed by atoms with Gasteiger partial charge in [0.15, 0.2) is 0 Å². The lowest BCUT2D eigenvalue weighted by atomic mass is 10.2. The molecule has 0 unspecified atom stereocenters. The predicted molar refractivity (Wildman–Crippen MR) is 83.6 cm³/mol. The Morgan fingerprint density at radius 3 is 2.67 bits per heavy atom. The van der Waals surface area contributed by atoms with Crippen molar-refractivity contribution in [3.8, 4) is 16.3 Å². The van der Waals surface area contributed by atoms with Gasteiger partial charge in [-0.05, 0) is 24.3 Å². The molecule has 0 saturated carbocycles. The topological polar surface area (TPSA) is 62.2 Å². The molecule has 0 aliphatic rings. The van der Waals surface area contributed by atoms with Crippen molar-refractivity contribution < 1.29 is 9.90 Å². The molecule has 0 aliphatic carbocycles. The van der Waals surface area contributed by atoms with Crippen molar-refractivity contribution in [1.82, 2.24) is 4.98 Å². The Labute approximate surface area is 125 Å². The first-order chi connectivity index (χ1) is 10.2. The summed E-state index contributed by atoms with van der Waals surface area (Å²) in [5, 5.41) is 13.0. The fraction of sp³-hybridized carbons (Fsp3) is 0. The molecule has 5 heteroatoms. The Balaban J connectivity index is 1.80. The second-order valence-electron chi connectivity index (χ2n) is 4.40. The molecule has 0 radical (unpaired) electrons. The number of phenolic OH excluding ortho intramolecular Hbond substituents is 1. The summed E-state index contributed by atoms with van der Waals surface area (Å²) in [4.78, 5) is 16.9. The largest absolute Gasteiger partial charge is 0.508 e. The minimum atomic E-state index is -0.190. The first kappa shape index (κ1) is 13.3. The van der Waals surface area contributed by atoms with Gasteiger partial charge in [-0.3, -0.25) is 4.79 Å². The molecule has 0 bridgehead atoms. The minimum absolute atomic E-state index is 0.179. The molecule has 104 valence electrons. The van der Waals surface area contributed by atoms with E-state index in [0.29, 0.717) is 9.88 Å². The number of benzene rings is 2. The zero-order valence-corrected chi connectivity index (χ0v) is 11.8. The van der Waals surface area contributed by atoms with E-state index in [0.717, 1.165) is 11.3 Å². The van der Waals surface area contributed by atoms with Gasteiger partial charge in [0.1, 0.15) is 15.6 Å². The summed E-state index contributed by atoms with van der Waals surface area (Å²) < 4.78 is 0. The molecule has 0 aliphatic heterocycles. The zero-order chi connectivity index (χ0) is 14.7. The quantitative estimate of drug-likeness (QED) is 0.773. The monoisotopic (exact) mass is 296 g/mol. The number of hydrogen-bond acceptors (Lipinski definition) is 4. The van der Waals surface area contributed by atoms with Gasteiger partial charge in [0.25, 0.3) is 5.91 Å². The third-order valence-electron chi connectivity index (χ3n) is 2.85. The van der Waals surface area contributed by atoms with Crippen LogP contribution in [0.25, 0.3) is 10.6 Å². The number of aromatic hydroxyl groups is 1. The van der Waals surface area contributed by atoms with Crippen LogP contribution in [0.5, 0.6) is 5.75 Å². The molecule has 2 N–H and O–H groups in total. The summed E-state index contributed by atoms with van der Waals surface area (Å²) in [5.74, 6) is -0.0110. The number of amides is 1. The van der Waals surface area contributed by atoms with Gasteiger partial charge in [-0.2, -0.15) is 0 Å². The van der Waals surface area contributed by atoms with Crippen LogP contribution in [0.3, 0.4) is 0 Å². The lowest BCUT2D eigenvalue weighted by molar-refractivity contribution is 0.103. The van der Waals surface area contributed by atoms with Gasteiger partial charge in [0.2, 0.25) is 0 Å². The molecule has 4 nitrogen and oxygen atoms in total. The van der Waals surface area contributed by atoms with Crippen LogP contribution in [0.15, 0.2) is 60.8 Å². The number of nitrogens with one attached hydrogen (secondary N) is 1. The van der Waals surface area contributed by atoms with Crippen molar-refractivity contribution >= 4 is 22.9 Å². The summed E-state index contributed by atoms with van der Waals surface area (Å²) in [6.07, 6.45) is 1.54. The summed E-state index contributed by atoms with van der Waals surface area (Å²) in [6.45, 7) is 0. The van der Waals surface area contributed by atoms with E-state index in [4.69, 9.17) is 0 Å². The van der Waals surface area contributed by atoms with Crippen LogP contribution >= 0.6 is 11.3 Å². The summed E-state index contributed by atoms with van der Waals surface area (Å²) in [5.41, 5.74) is 1.54. The highest BCUT2D eigenvalue weighted by Gasteiger charge is 2.12. The average molecular weight is 296 g/mol. The van der Waals surface area contributed by atoms with Gasteiger partial charge in [-0.15, -0.1) is 11.3 Å². The fourth-order valence-corrected chi connectivity index (χ4v) is 2.67. The Morgan fingerprint density at radius 2 is 1.90 bits per heavy atom. The molecule has 0 saturated heterocycles. The number of rotatable bonds is 3. The Hall–Kier alpha value is -2.66. The number of carbonyl (C=O) groups is 1. The number of phenols is 1. The van der Waals surface area contributed by atoms with E-state index in [2.05, 4.69) is 10.3 Å². The van der Waals surface area contributed by atoms with Gasteiger partial charge in [-0.1, -0.05) is 30.3 Å². The molecule has 1 amide bonds. The number of nitrogens with zero attached hydrogens (tertiary/aromatic N) is 1. The van der Waals surface area contributed by atoms with E-state index in [9.17, 15) is 9.90 Å². The second kappa shape index (κ2) is 5.76. The van der Waals surface area contributed by atoms with Crippen LogP contribution in [0, 0.1) is 0 Å². The number of hydrogen-bond donors (Lipinski definition) is 2. The molecule has 0 spiro atoms. The van der Waals surface area contributed by atoms with E-state index in [1.807, 2.05) is 36.4 Å². The van der Waals surface area contributed by atoms with Crippen molar-refractivity contribution in [3.63, 3.8) is 0 Å². The van der Waals surface area contributed by atoms with Crippen LogP contribution in [-0.4, -0.2) is 16.0 Å². The maximum atomic E-state index is 12.1. The highest BCUT2D eigenvalue weighted by atomic mass is 32.1. The molecule has 1 heterocycles. The highest BCUT2D eigenvalue weighted by Crippen LogP contribution is 2.27. The normalized spacial score (nSPS) is 10.3. The Bertz CT molecular complexity index is 769. The number of thiazole rings is 1. The molecule has 0 fully saturated rings. The van der Waals surface area contributed by atoms with Gasteiger partial charge >= 0.3 is 0 Å². The van der Waals surface area contributed by atoms with Crippen LogP contribution in [-0.2, 0) is 0 Å². The molecule has 2 aromatic carbocycles. The van der Waals surface area contributed by atoms with Crippen LogP contribution in [0.4, 0.5) is 5.69 Å². The number of anilines is 1. The standard InChI is InChI=1S/C16H12N2O2S/c19-13-8-4-5-11(9-13)16-17-10-14(21-16)15(20)18-12-6-2-1-3-7-12/h1-10,19H,(H,18,20). The van der Waals surface area contributed by atoms with Crippen LogP contribution in [0.2, 0.25) is 0 Å². The molecule has 21 heavy (non-hydrogen) atoms. The van der Waals surface area contributed by atoms with Gasteiger partial charge in [0, 0.05) is 11.3 Å². The summed E-state index contributed by atoms with van der Waals surface area (Å²) >= 11 is 1.29. The van der Waals surface area contributed by atoms with Crippen LogP contribution < -0.4 is 5.32 Å². The highest BCUT2D eigenvalue weighted by molar-refractivity contribution is 7.17.